The van der Waals surface area contributed by atoms with Gasteiger partial charge in [-0.15, -0.1) is 11.3 Å². The number of amides is 1. The molecule has 1 amide bonds. The molecule has 0 saturated carbocycles. The Morgan fingerprint density at radius 3 is 2.81 bits per heavy atom. The quantitative estimate of drug-likeness (QED) is 0.584. The molecule has 0 spiro atoms. The smallest absolute Gasteiger partial charge is 0.266 e. The van der Waals surface area contributed by atoms with Crippen molar-refractivity contribution in [3.63, 3.8) is 0 Å². The fourth-order valence-corrected chi connectivity index (χ4v) is 3.56. The first kappa shape index (κ1) is 16.3. The number of rotatable bonds is 2. The summed E-state index contributed by atoms with van der Waals surface area (Å²) in [5.41, 5.74) is 0.930. The Balaban J connectivity index is 1.78. The van der Waals surface area contributed by atoms with E-state index >= 15 is 0 Å². The van der Waals surface area contributed by atoms with Crippen LogP contribution in [0.2, 0.25) is 0 Å². The van der Waals surface area contributed by atoms with Crippen LogP contribution >= 0.6 is 11.3 Å². The van der Waals surface area contributed by atoms with Gasteiger partial charge in [0.15, 0.2) is 0 Å². The molecule has 0 radical (unpaired) electrons. The topological polar surface area (TPSA) is 63.5 Å². The Morgan fingerprint density at radius 1 is 1.23 bits per heavy atom. The number of pyridine rings is 1. The van der Waals surface area contributed by atoms with Crippen LogP contribution in [0.3, 0.4) is 0 Å². The molecule has 0 atom stereocenters. The highest BCUT2D eigenvalue weighted by Gasteiger charge is 2.17. The number of nitrogens with one attached hydrogen (secondary N) is 1. The van der Waals surface area contributed by atoms with Crippen LogP contribution in [0.4, 0.5) is 14.5 Å². The molecule has 26 heavy (non-hydrogen) atoms. The highest BCUT2D eigenvalue weighted by atomic mass is 32.1. The van der Waals surface area contributed by atoms with Crippen molar-refractivity contribution in [1.82, 2.24) is 9.38 Å². The van der Waals surface area contributed by atoms with Gasteiger partial charge in [0, 0.05) is 12.3 Å². The molecule has 0 aliphatic rings. The van der Waals surface area contributed by atoms with Crippen LogP contribution in [0.5, 0.6) is 0 Å². The maximum atomic E-state index is 13.7. The third-order valence-corrected chi connectivity index (χ3v) is 4.96. The van der Waals surface area contributed by atoms with Crippen molar-refractivity contribution in [1.29, 1.82) is 0 Å². The van der Waals surface area contributed by atoms with Crippen LogP contribution in [0.15, 0.2) is 47.4 Å². The Labute approximate surface area is 149 Å². The number of thiophene rings is 1. The van der Waals surface area contributed by atoms with Crippen molar-refractivity contribution in [2.24, 2.45) is 0 Å². The first-order valence-electron chi connectivity index (χ1n) is 7.62. The number of nitrogens with zero attached hydrogens (tertiary/aromatic N) is 2. The van der Waals surface area contributed by atoms with E-state index in [1.165, 1.54) is 10.5 Å². The number of carbonyl (C=O) groups is 1. The Bertz CT molecular complexity index is 1250. The van der Waals surface area contributed by atoms with E-state index in [0.717, 1.165) is 29.0 Å². The molecule has 3 aromatic heterocycles. The van der Waals surface area contributed by atoms with Gasteiger partial charge in [0.1, 0.15) is 22.1 Å². The number of anilines is 1. The highest BCUT2D eigenvalue weighted by molar-refractivity contribution is 7.20. The Kier molecular flexibility index (Phi) is 3.77. The minimum absolute atomic E-state index is 0.139. The van der Waals surface area contributed by atoms with E-state index in [9.17, 15) is 18.4 Å². The zero-order chi connectivity index (χ0) is 18.4. The summed E-state index contributed by atoms with van der Waals surface area (Å²) in [4.78, 5) is 30.1. The number of aryl methyl sites for hydroxylation is 1. The fourth-order valence-electron chi connectivity index (χ4n) is 2.64. The van der Waals surface area contributed by atoms with Crippen molar-refractivity contribution in [3.8, 4) is 0 Å². The molecule has 3 heterocycles. The largest absolute Gasteiger partial charge is 0.319 e. The number of halogens is 2. The zero-order valence-electron chi connectivity index (χ0n) is 13.4. The van der Waals surface area contributed by atoms with Gasteiger partial charge in [-0.25, -0.2) is 13.8 Å². The van der Waals surface area contributed by atoms with Crippen LogP contribution in [-0.2, 0) is 0 Å². The first-order valence-corrected chi connectivity index (χ1v) is 8.43. The number of benzene rings is 1. The average Bonchev–Trinajstić information content (AvgIpc) is 3.03. The van der Waals surface area contributed by atoms with Crippen molar-refractivity contribution in [2.75, 3.05) is 5.32 Å². The second-order valence-corrected chi connectivity index (χ2v) is 6.74. The second kappa shape index (κ2) is 5.99. The standard InChI is InChI=1S/C18H11F2N3O2S/c1-9-3-2-6-23-15(9)22-17-11(18(23)25)8-14(26-17)16(24)21-13-5-4-10(19)7-12(13)20/h2-8H,1H3,(H,21,24). The van der Waals surface area contributed by atoms with Gasteiger partial charge in [0.25, 0.3) is 11.5 Å². The normalized spacial score (nSPS) is 11.2. The molecule has 0 bridgehead atoms. The van der Waals surface area contributed by atoms with Gasteiger partial charge in [0.2, 0.25) is 0 Å². The summed E-state index contributed by atoms with van der Waals surface area (Å²) in [6.45, 7) is 1.84. The van der Waals surface area contributed by atoms with Crippen LogP contribution in [-0.4, -0.2) is 15.3 Å². The monoisotopic (exact) mass is 371 g/mol. The molecule has 0 unspecified atom stereocenters. The zero-order valence-corrected chi connectivity index (χ0v) is 14.2. The molecule has 1 aromatic carbocycles. The van der Waals surface area contributed by atoms with E-state index < -0.39 is 17.5 Å². The van der Waals surface area contributed by atoms with Gasteiger partial charge in [0.05, 0.1) is 16.0 Å². The van der Waals surface area contributed by atoms with E-state index in [2.05, 4.69) is 10.3 Å². The minimum Gasteiger partial charge on any atom is -0.319 e. The molecule has 1 N–H and O–H groups in total. The molecular weight excluding hydrogens is 360 g/mol. The SMILES string of the molecule is Cc1cccn2c(=O)c3cc(C(=O)Nc4ccc(F)cc4F)sc3nc12. The molecule has 0 saturated heterocycles. The summed E-state index contributed by atoms with van der Waals surface area (Å²) in [6.07, 6.45) is 1.61. The van der Waals surface area contributed by atoms with Gasteiger partial charge >= 0.3 is 0 Å². The summed E-state index contributed by atoms with van der Waals surface area (Å²) in [7, 11) is 0. The number of aromatic nitrogens is 2. The van der Waals surface area contributed by atoms with Gasteiger partial charge in [-0.3, -0.25) is 14.0 Å². The Morgan fingerprint density at radius 2 is 2.04 bits per heavy atom. The predicted molar refractivity (Wildman–Crippen MR) is 95.9 cm³/mol. The highest BCUT2D eigenvalue weighted by Crippen LogP contribution is 2.24. The molecule has 4 rings (SSSR count). The minimum atomic E-state index is -0.876. The number of hydrogen-bond acceptors (Lipinski definition) is 4. The molecule has 0 aliphatic carbocycles. The van der Waals surface area contributed by atoms with Crippen molar-refractivity contribution in [3.05, 3.63) is 75.0 Å². The van der Waals surface area contributed by atoms with Gasteiger partial charge in [-0.1, -0.05) is 6.07 Å². The van der Waals surface area contributed by atoms with Crippen molar-refractivity contribution >= 4 is 38.8 Å². The lowest BCUT2D eigenvalue weighted by molar-refractivity contribution is 0.103. The van der Waals surface area contributed by atoms with E-state index in [0.29, 0.717) is 21.9 Å². The van der Waals surface area contributed by atoms with E-state index in [4.69, 9.17) is 0 Å². The van der Waals surface area contributed by atoms with Crippen molar-refractivity contribution < 1.29 is 13.6 Å². The number of fused-ring (bicyclic) bond motifs is 2. The van der Waals surface area contributed by atoms with E-state index in [1.807, 2.05) is 13.0 Å². The summed E-state index contributed by atoms with van der Waals surface area (Å²) >= 11 is 1.04. The van der Waals surface area contributed by atoms with Gasteiger partial charge in [-0.2, -0.15) is 0 Å². The average molecular weight is 371 g/mol. The lowest BCUT2D eigenvalue weighted by Gasteiger charge is -2.04. The second-order valence-electron chi connectivity index (χ2n) is 5.71. The number of hydrogen-bond donors (Lipinski definition) is 1. The van der Waals surface area contributed by atoms with Gasteiger partial charge < -0.3 is 5.32 Å². The summed E-state index contributed by atoms with van der Waals surface area (Å²) < 4.78 is 28.1. The van der Waals surface area contributed by atoms with E-state index in [-0.39, 0.29) is 16.1 Å². The van der Waals surface area contributed by atoms with Crippen LogP contribution < -0.4 is 10.9 Å². The lowest BCUT2D eigenvalue weighted by atomic mass is 10.2. The summed E-state index contributed by atoms with van der Waals surface area (Å²) in [6, 6.07) is 7.89. The molecule has 0 aliphatic heterocycles. The molecule has 130 valence electrons. The van der Waals surface area contributed by atoms with E-state index in [1.54, 1.807) is 12.3 Å². The Hall–Kier alpha value is -3.13. The maximum Gasteiger partial charge on any atom is 0.266 e. The number of carbonyl (C=O) groups excluding carboxylic acids is 1. The van der Waals surface area contributed by atoms with Crippen LogP contribution in [0.25, 0.3) is 15.9 Å². The molecule has 0 fully saturated rings. The summed E-state index contributed by atoms with van der Waals surface area (Å²) in [5.74, 6) is -2.20. The first-order chi connectivity index (χ1) is 12.4. The molecular formula is C18H11F2N3O2S. The molecule has 8 heteroatoms. The third-order valence-electron chi connectivity index (χ3n) is 3.93. The molecule has 5 nitrogen and oxygen atoms in total. The van der Waals surface area contributed by atoms with Crippen LogP contribution in [0.1, 0.15) is 15.2 Å². The lowest BCUT2D eigenvalue weighted by Crippen LogP contribution is -2.14. The third kappa shape index (κ3) is 2.64. The van der Waals surface area contributed by atoms with Gasteiger partial charge in [-0.05, 0) is 36.8 Å². The van der Waals surface area contributed by atoms with Crippen molar-refractivity contribution in [2.45, 2.75) is 6.92 Å². The predicted octanol–water partition coefficient (Wildman–Crippen LogP) is 3.75. The summed E-state index contributed by atoms with van der Waals surface area (Å²) in [5, 5.41) is 2.69. The molecule has 4 aromatic rings. The fraction of sp³-hybridized carbons (Fsp3) is 0.0556. The maximum absolute atomic E-state index is 13.7. The van der Waals surface area contributed by atoms with Crippen LogP contribution in [0, 0.1) is 18.6 Å².